The molecule has 0 heterocycles. The predicted octanol–water partition coefficient (Wildman–Crippen LogP) is 1.52. The molecular weight excluding hydrogens is 190 g/mol. The average Bonchev–Trinajstić information content (AvgIpc) is 3.02. The summed E-state index contributed by atoms with van der Waals surface area (Å²) in [5.41, 5.74) is 7.82. The van der Waals surface area contributed by atoms with Crippen LogP contribution in [0.5, 0.6) is 0 Å². The Balaban J connectivity index is 2.00. The highest BCUT2D eigenvalue weighted by Crippen LogP contribution is 2.39. The molecule has 0 aromatic heterocycles. The van der Waals surface area contributed by atoms with Gasteiger partial charge in [0.2, 0.25) is 0 Å². The molecule has 0 saturated heterocycles. The Kier molecular flexibility index (Phi) is 2.73. The molecule has 1 aromatic carbocycles. The zero-order valence-corrected chi connectivity index (χ0v) is 8.52. The van der Waals surface area contributed by atoms with E-state index in [0.717, 1.165) is 11.5 Å². The lowest BCUT2D eigenvalue weighted by molar-refractivity contribution is -0.138. The van der Waals surface area contributed by atoms with Crippen molar-refractivity contribution in [3.05, 3.63) is 35.4 Å². The van der Waals surface area contributed by atoms with E-state index in [-0.39, 0.29) is 0 Å². The smallest absolute Gasteiger partial charge is 0.320 e. The molecule has 0 radical (unpaired) electrons. The van der Waals surface area contributed by atoms with Gasteiger partial charge in [0, 0.05) is 0 Å². The molecule has 0 unspecified atom stereocenters. The highest BCUT2D eigenvalue weighted by molar-refractivity contribution is 5.73. The Hall–Kier alpha value is -1.35. The minimum Gasteiger partial charge on any atom is -0.480 e. The molecule has 3 N–H and O–H groups in total. The molecule has 1 aliphatic carbocycles. The standard InChI is InChI=1S/C12H15NO2/c13-11(12(14)15)7-8-1-3-9(4-2-8)10-5-6-10/h1-4,10-11H,5-7,13H2,(H,14,15)/t11-/m0/s1. The summed E-state index contributed by atoms with van der Waals surface area (Å²) < 4.78 is 0. The van der Waals surface area contributed by atoms with Crippen LogP contribution in [-0.2, 0) is 11.2 Å². The minimum atomic E-state index is -0.943. The summed E-state index contributed by atoms with van der Waals surface area (Å²) in [5.74, 6) is -0.200. The van der Waals surface area contributed by atoms with Gasteiger partial charge in [-0.1, -0.05) is 24.3 Å². The van der Waals surface area contributed by atoms with E-state index in [4.69, 9.17) is 10.8 Å². The third-order valence-corrected chi connectivity index (χ3v) is 2.80. The van der Waals surface area contributed by atoms with E-state index in [1.54, 1.807) is 0 Å². The lowest BCUT2D eigenvalue weighted by Gasteiger charge is -2.06. The molecule has 1 fully saturated rings. The largest absolute Gasteiger partial charge is 0.480 e. The van der Waals surface area contributed by atoms with E-state index in [1.807, 2.05) is 12.1 Å². The number of aliphatic carboxylic acids is 1. The van der Waals surface area contributed by atoms with Gasteiger partial charge in [-0.2, -0.15) is 0 Å². The van der Waals surface area contributed by atoms with Crippen LogP contribution in [0.2, 0.25) is 0 Å². The van der Waals surface area contributed by atoms with Crippen LogP contribution < -0.4 is 5.73 Å². The molecule has 2 rings (SSSR count). The molecule has 1 aliphatic rings. The van der Waals surface area contributed by atoms with Gasteiger partial charge < -0.3 is 10.8 Å². The molecule has 1 atom stereocenters. The normalized spacial score (nSPS) is 17.4. The molecule has 0 bridgehead atoms. The van der Waals surface area contributed by atoms with Crippen LogP contribution in [0.25, 0.3) is 0 Å². The second kappa shape index (κ2) is 4.03. The first-order valence-corrected chi connectivity index (χ1v) is 5.24. The number of hydrogen-bond acceptors (Lipinski definition) is 2. The first-order chi connectivity index (χ1) is 7.16. The summed E-state index contributed by atoms with van der Waals surface area (Å²) in [7, 11) is 0. The summed E-state index contributed by atoms with van der Waals surface area (Å²) in [6.07, 6.45) is 2.97. The van der Waals surface area contributed by atoms with Crippen LogP contribution in [0.4, 0.5) is 0 Å². The maximum Gasteiger partial charge on any atom is 0.320 e. The van der Waals surface area contributed by atoms with Crippen molar-refractivity contribution >= 4 is 5.97 Å². The fraction of sp³-hybridized carbons (Fsp3) is 0.417. The first kappa shape index (κ1) is 10.2. The minimum absolute atomic E-state index is 0.403. The van der Waals surface area contributed by atoms with Crippen molar-refractivity contribution in [1.82, 2.24) is 0 Å². The quantitative estimate of drug-likeness (QED) is 0.783. The van der Waals surface area contributed by atoms with Crippen molar-refractivity contribution in [1.29, 1.82) is 0 Å². The first-order valence-electron chi connectivity index (χ1n) is 5.24. The summed E-state index contributed by atoms with van der Waals surface area (Å²) in [5, 5.41) is 8.67. The fourth-order valence-corrected chi connectivity index (χ4v) is 1.68. The van der Waals surface area contributed by atoms with Crippen LogP contribution in [0.3, 0.4) is 0 Å². The van der Waals surface area contributed by atoms with Gasteiger partial charge >= 0.3 is 5.97 Å². The van der Waals surface area contributed by atoms with Gasteiger partial charge in [0.15, 0.2) is 0 Å². The third-order valence-electron chi connectivity index (χ3n) is 2.80. The summed E-state index contributed by atoms with van der Waals surface area (Å²) in [6, 6.07) is 7.34. The highest BCUT2D eigenvalue weighted by Gasteiger charge is 2.23. The number of carboxylic acids is 1. The van der Waals surface area contributed by atoms with Crippen molar-refractivity contribution in [2.75, 3.05) is 0 Å². The summed E-state index contributed by atoms with van der Waals surface area (Å²) in [4.78, 5) is 10.6. The van der Waals surface area contributed by atoms with Crippen LogP contribution in [0.15, 0.2) is 24.3 Å². The van der Waals surface area contributed by atoms with E-state index >= 15 is 0 Å². The molecular formula is C12H15NO2. The molecule has 0 spiro atoms. The van der Waals surface area contributed by atoms with Crippen LogP contribution in [-0.4, -0.2) is 17.1 Å². The Labute approximate surface area is 88.9 Å². The van der Waals surface area contributed by atoms with Crippen molar-refractivity contribution in [3.63, 3.8) is 0 Å². The summed E-state index contributed by atoms with van der Waals surface area (Å²) >= 11 is 0. The predicted molar refractivity (Wildman–Crippen MR) is 57.7 cm³/mol. The van der Waals surface area contributed by atoms with E-state index in [0.29, 0.717) is 6.42 Å². The fourth-order valence-electron chi connectivity index (χ4n) is 1.68. The Morgan fingerprint density at radius 3 is 2.47 bits per heavy atom. The Morgan fingerprint density at radius 1 is 1.40 bits per heavy atom. The topological polar surface area (TPSA) is 63.3 Å². The van der Waals surface area contributed by atoms with E-state index in [2.05, 4.69) is 12.1 Å². The molecule has 15 heavy (non-hydrogen) atoms. The van der Waals surface area contributed by atoms with Gasteiger partial charge in [-0.15, -0.1) is 0 Å². The maximum absolute atomic E-state index is 10.6. The van der Waals surface area contributed by atoms with Gasteiger partial charge in [-0.05, 0) is 36.3 Å². The van der Waals surface area contributed by atoms with Gasteiger partial charge in [-0.25, -0.2) is 0 Å². The zero-order valence-electron chi connectivity index (χ0n) is 8.52. The number of benzene rings is 1. The molecule has 1 aromatic rings. The summed E-state index contributed by atoms with van der Waals surface area (Å²) in [6.45, 7) is 0. The number of nitrogens with two attached hydrogens (primary N) is 1. The second-order valence-electron chi connectivity index (χ2n) is 4.16. The van der Waals surface area contributed by atoms with E-state index in [9.17, 15) is 4.79 Å². The lowest BCUT2D eigenvalue weighted by Crippen LogP contribution is -2.32. The molecule has 80 valence electrons. The van der Waals surface area contributed by atoms with Crippen molar-refractivity contribution < 1.29 is 9.90 Å². The van der Waals surface area contributed by atoms with Crippen LogP contribution >= 0.6 is 0 Å². The number of carbonyl (C=O) groups is 1. The Bertz CT molecular complexity index is 354. The van der Waals surface area contributed by atoms with Crippen LogP contribution in [0.1, 0.15) is 29.9 Å². The monoisotopic (exact) mass is 205 g/mol. The van der Waals surface area contributed by atoms with Crippen molar-refractivity contribution in [2.24, 2.45) is 5.73 Å². The van der Waals surface area contributed by atoms with Gasteiger partial charge in [0.1, 0.15) is 6.04 Å². The van der Waals surface area contributed by atoms with Crippen molar-refractivity contribution in [2.45, 2.75) is 31.2 Å². The lowest BCUT2D eigenvalue weighted by atomic mass is 10.0. The molecule has 0 amide bonds. The molecule has 0 aliphatic heterocycles. The number of carboxylic acid groups (broad SMARTS) is 1. The van der Waals surface area contributed by atoms with E-state index < -0.39 is 12.0 Å². The highest BCUT2D eigenvalue weighted by atomic mass is 16.4. The van der Waals surface area contributed by atoms with Crippen LogP contribution in [0, 0.1) is 0 Å². The average molecular weight is 205 g/mol. The molecule has 3 heteroatoms. The van der Waals surface area contributed by atoms with Crippen molar-refractivity contribution in [3.8, 4) is 0 Å². The van der Waals surface area contributed by atoms with Gasteiger partial charge in [0.05, 0.1) is 0 Å². The number of hydrogen-bond donors (Lipinski definition) is 2. The second-order valence-corrected chi connectivity index (χ2v) is 4.16. The molecule has 3 nitrogen and oxygen atoms in total. The third kappa shape index (κ3) is 2.57. The maximum atomic E-state index is 10.6. The SMILES string of the molecule is N[C@@H](Cc1ccc(C2CC2)cc1)C(=O)O. The number of rotatable bonds is 4. The van der Waals surface area contributed by atoms with Gasteiger partial charge in [0.25, 0.3) is 0 Å². The van der Waals surface area contributed by atoms with Gasteiger partial charge in [-0.3, -0.25) is 4.79 Å². The zero-order chi connectivity index (χ0) is 10.8. The molecule has 1 saturated carbocycles. The van der Waals surface area contributed by atoms with E-state index in [1.165, 1.54) is 18.4 Å². The Morgan fingerprint density at radius 2 is 2.00 bits per heavy atom.